The molecule has 7 rings (SSSR count). The monoisotopic (exact) mass is 854 g/mol. The van der Waals surface area contributed by atoms with Crippen molar-refractivity contribution in [2.75, 3.05) is 71.3 Å². The minimum Gasteiger partial charge on any atom is -0.444 e. The highest BCUT2D eigenvalue weighted by Crippen LogP contribution is 2.37. The molecular weight excluding hydrogens is 807 g/mol. The van der Waals surface area contributed by atoms with Crippen molar-refractivity contribution in [2.24, 2.45) is 18.9 Å². The van der Waals surface area contributed by atoms with E-state index >= 15 is 0 Å². The van der Waals surface area contributed by atoms with Crippen molar-refractivity contribution < 1.29 is 41.6 Å². The van der Waals surface area contributed by atoms with E-state index in [4.69, 9.17) is 16.3 Å². The predicted molar refractivity (Wildman–Crippen MR) is 213 cm³/mol. The zero-order chi connectivity index (χ0) is 43.1. The molecule has 3 aliphatic rings. The van der Waals surface area contributed by atoms with E-state index in [-0.39, 0.29) is 63.1 Å². The van der Waals surface area contributed by atoms with E-state index < -0.39 is 23.4 Å². The van der Waals surface area contributed by atoms with Gasteiger partial charge in [0.1, 0.15) is 5.60 Å². The summed E-state index contributed by atoms with van der Waals surface area (Å²) in [4.78, 5) is 70.0. The van der Waals surface area contributed by atoms with Crippen LogP contribution >= 0.6 is 11.6 Å². The molecule has 60 heavy (non-hydrogen) atoms. The van der Waals surface area contributed by atoms with Crippen LogP contribution in [0.5, 0.6) is 0 Å². The summed E-state index contributed by atoms with van der Waals surface area (Å²) in [5.74, 6) is -0.839. The van der Waals surface area contributed by atoms with E-state index in [0.29, 0.717) is 45.2 Å². The van der Waals surface area contributed by atoms with Gasteiger partial charge in [0.15, 0.2) is 11.5 Å². The number of rotatable bonds is 8. The standard InChI is InChI=1S/C40H47ClF3N11O5/c1-39(2,3)60-38(59)53-21-25(22-53)24-55(5)17-9-26(10-18-55)35(57)51-13-15-52(16-14-51)36(58)28-8-7-27(19-30(28)41)48-34(56)33-47-20-31(50(33)4)29-23-54(37-45-11-6-12-46-37)49-32(29)40(42,43)44/h6-8,11-12,19-20,23,25-26H,9-10,13-18,21-22,24H2,1-5H3/p+1. The van der Waals surface area contributed by atoms with Gasteiger partial charge in [-0.05, 0) is 45.0 Å². The lowest BCUT2D eigenvalue weighted by molar-refractivity contribution is -0.918. The number of halogens is 4. The summed E-state index contributed by atoms with van der Waals surface area (Å²) >= 11 is 6.56. The Morgan fingerprint density at radius 2 is 1.60 bits per heavy atom. The Kier molecular flexibility index (Phi) is 11.7. The summed E-state index contributed by atoms with van der Waals surface area (Å²) in [5.41, 5.74) is -1.61. The predicted octanol–water partition coefficient (Wildman–Crippen LogP) is 5.00. The molecular formula is C40H48ClF3N11O5+. The summed E-state index contributed by atoms with van der Waals surface area (Å²) in [7, 11) is 3.63. The van der Waals surface area contributed by atoms with Gasteiger partial charge < -0.3 is 33.8 Å². The number of hydrogen-bond donors (Lipinski definition) is 1. The molecule has 4 amide bonds. The third-order valence-corrected chi connectivity index (χ3v) is 11.5. The van der Waals surface area contributed by atoms with Gasteiger partial charge in [0.2, 0.25) is 11.9 Å². The van der Waals surface area contributed by atoms with E-state index in [0.717, 1.165) is 54.0 Å². The maximum Gasteiger partial charge on any atom is 0.435 e. The molecule has 3 aliphatic heterocycles. The van der Waals surface area contributed by atoms with Gasteiger partial charge in [-0.25, -0.2) is 24.4 Å². The molecule has 3 saturated heterocycles. The second-order valence-electron chi connectivity index (χ2n) is 16.9. The van der Waals surface area contributed by atoms with Gasteiger partial charge >= 0.3 is 12.3 Å². The van der Waals surface area contributed by atoms with Gasteiger partial charge in [0.25, 0.3) is 11.8 Å². The van der Waals surface area contributed by atoms with Crippen LogP contribution in [0.4, 0.5) is 23.7 Å². The Hall–Kier alpha value is -5.56. The fourth-order valence-corrected chi connectivity index (χ4v) is 8.33. The van der Waals surface area contributed by atoms with Crippen LogP contribution in [-0.4, -0.2) is 144 Å². The Bertz CT molecular complexity index is 2250. The van der Waals surface area contributed by atoms with E-state index in [1.165, 1.54) is 48.3 Å². The minimum absolute atomic E-state index is 0.0219. The number of quaternary nitrogens is 1. The van der Waals surface area contributed by atoms with Crippen LogP contribution < -0.4 is 5.32 Å². The van der Waals surface area contributed by atoms with Crippen molar-refractivity contribution >= 4 is 41.1 Å². The first-order valence-corrected chi connectivity index (χ1v) is 20.1. The molecule has 0 unspecified atom stereocenters. The number of likely N-dealkylation sites (tertiary alicyclic amines) is 2. The fraction of sp³-hybridized carbons (Fsp3) is 0.500. The number of benzene rings is 1. The van der Waals surface area contributed by atoms with Crippen LogP contribution in [0.3, 0.4) is 0 Å². The van der Waals surface area contributed by atoms with Crippen LogP contribution in [0.15, 0.2) is 49.1 Å². The molecule has 3 fully saturated rings. The number of anilines is 1. The number of alkyl halides is 3. The lowest BCUT2D eigenvalue weighted by Gasteiger charge is -2.47. The maximum absolute atomic E-state index is 14.0. The normalized spacial score (nSPS) is 20.1. The molecule has 20 heteroatoms. The third kappa shape index (κ3) is 9.26. The van der Waals surface area contributed by atoms with Crippen LogP contribution in [0.25, 0.3) is 17.2 Å². The Balaban J connectivity index is 0.899. The zero-order valence-corrected chi connectivity index (χ0v) is 34.8. The molecule has 4 aromatic rings. The number of carbonyl (C=O) groups excluding carboxylic acids is 4. The zero-order valence-electron chi connectivity index (χ0n) is 34.1. The highest BCUT2D eigenvalue weighted by molar-refractivity contribution is 6.34. The number of piperidine rings is 1. The largest absolute Gasteiger partial charge is 0.444 e. The van der Waals surface area contributed by atoms with Gasteiger partial charge in [-0.15, -0.1) is 0 Å². The number of carbonyl (C=O) groups is 4. The molecule has 0 saturated carbocycles. The first kappa shape index (κ1) is 42.6. The molecule has 320 valence electrons. The van der Waals surface area contributed by atoms with Crippen LogP contribution in [0.2, 0.25) is 5.02 Å². The molecule has 1 aromatic carbocycles. The average molecular weight is 855 g/mol. The molecule has 6 heterocycles. The van der Waals surface area contributed by atoms with Crippen molar-refractivity contribution in [1.82, 2.24) is 44.0 Å². The van der Waals surface area contributed by atoms with E-state index in [1.807, 2.05) is 25.7 Å². The average Bonchev–Trinajstić information content (AvgIpc) is 3.80. The highest BCUT2D eigenvalue weighted by atomic mass is 35.5. The Labute approximate surface area is 349 Å². The van der Waals surface area contributed by atoms with E-state index in [1.54, 1.807) is 9.80 Å². The summed E-state index contributed by atoms with van der Waals surface area (Å²) < 4.78 is 50.6. The summed E-state index contributed by atoms with van der Waals surface area (Å²) in [6.07, 6.45) is 1.48. The molecule has 0 spiro atoms. The first-order valence-electron chi connectivity index (χ1n) is 19.8. The van der Waals surface area contributed by atoms with Crippen molar-refractivity contribution in [2.45, 2.75) is 45.4 Å². The number of amides is 4. The number of nitrogens with zero attached hydrogens (tertiary/aromatic N) is 10. The lowest BCUT2D eigenvalue weighted by atomic mass is 9.91. The van der Waals surface area contributed by atoms with Crippen LogP contribution in [0.1, 0.15) is 60.3 Å². The van der Waals surface area contributed by atoms with Crippen molar-refractivity contribution in [3.63, 3.8) is 0 Å². The summed E-state index contributed by atoms with van der Waals surface area (Å²) in [6, 6.07) is 5.93. The van der Waals surface area contributed by atoms with Gasteiger partial charge in [-0.3, -0.25) is 14.4 Å². The van der Waals surface area contributed by atoms with E-state index in [2.05, 4.69) is 32.4 Å². The number of nitrogens with one attached hydrogen (secondary N) is 1. The van der Waals surface area contributed by atoms with Gasteiger partial charge in [-0.1, -0.05) is 11.6 Å². The summed E-state index contributed by atoms with van der Waals surface area (Å²) in [6.45, 7) is 11.2. The Morgan fingerprint density at radius 3 is 2.22 bits per heavy atom. The van der Waals surface area contributed by atoms with Gasteiger partial charge in [0, 0.05) is 95.3 Å². The number of imidazole rings is 1. The molecule has 1 N–H and O–H groups in total. The molecule has 0 radical (unpaired) electrons. The second kappa shape index (κ2) is 16.5. The van der Waals surface area contributed by atoms with Gasteiger partial charge in [0.05, 0.1) is 54.7 Å². The van der Waals surface area contributed by atoms with Crippen molar-refractivity contribution in [3.8, 4) is 17.2 Å². The summed E-state index contributed by atoms with van der Waals surface area (Å²) in [5, 5.41) is 6.40. The Morgan fingerprint density at radius 1 is 0.950 bits per heavy atom. The topological polar surface area (TPSA) is 161 Å². The van der Waals surface area contributed by atoms with Gasteiger partial charge in [-0.2, -0.15) is 18.3 Å². The second-order valence-corrected chi connectivity index (χ2v) is 17.4. The molecule has 16 nitrogen and oxygen atoms in total. The lowest BCUT2D eigenvalue weighted by Crippen LogP contribution is -2.61. The number of piperazine rings is 1. The number of ether oxygens (including phenoxy) is 1. The number of hydrogen-bond acceptors (Lipinski definition) is 9. The smallest absolute Gasteiger partial charge is 0.435 e. The van der Waals surface area contributed by atoms with E-state index in [9.17, 15) is 32.3 Å². The minimum atomic E-state index is -4.82. The van der Waals surface area contributed by atoms with Crippen molar-refractivity contribution in [1.29, 1.82) is 0 Å². The van der Waals surface area contributed by atoms with Crippen LogP contribution in [0, 0.1) is 11.8 Å². The first-order chi connectivity index (χ1) is 28.3. The molecule has 0 aliphatic carbocycles. The van der Waals surface area contributed by atoms with Crippen molar-refractivity contribution in [3.05, 3.63) is 71.2 Å². The quantitative estimate of drug-likeness (QED) is 0.241. The maximum atomic E-state index is 14.0. The SMILES string of the molecule is Cn1c(-c2cn(-c3ncccn3)nc2C(F)(F)F)cnc1C(=O)Nc1ccc(C(=O)N2CCN(C(=O)C3CC[N+](C)(CC4CN(C(=O)OC(C)(C)C)C4)CC3)CC2)c(Cl)c1. The number of aromatic nitrogens is 6. The fourth-order valence-electron chi connectivity index (χ4n) is 8.07. The highest BCUT2D eigenvalue weighted by Gasteiger charge is 2.42. The molecule has 3 aromatic heterocycles. The molecule has 0 atom stereocenters. The third-order valence-electron chi connectivity index (χ3n) is 11.2. The van der Waals surface area contributed by atoms with Crippen LogP contribution in [-0.2, 0) is 22.8 Å². The molecule has 0 bridgehead atoms.